The highest BCUT2D eigenvalue weighted by atomic mass is 16.5. The molecule has 0 aliphatic heterocycles. The maximum absolute atomic E-state index is 11.3. The highest BCUT2D eigenvalue weighted by molar-refractivity contribution is 5.72. The summed E-state index contributed by atoms with van der Waals surface area (Å²) in [6, 6.07) is 6.17. The standard InChI is InChI=1S/C14H18N4O4/c1-3-22-11-6-4-10(5-7-11)8-12-15-16-17-18(12)13(9(2)19)14(20)21/h4-7,9,13,19H,3,8H2,1-2H3,(H,20,21). The minimum Gasteiger partial charge on any atom is -0.494 e. The Morgan fingerprint density at radius 3 is 2.59 bits per heavy atom. The van der Waals surface area contributed by atoms with Crippen molar-refractivity contribution in [1.29, 1.82) is 0 Å². The Morgan fingerprint density at radius 2 is 2.05 bits per heavy atom. The molecule has 0 bridgehead atoms. The van der Waals surface area contributed by atoms with Crippen molar-refractivity contribution in [2.75, 3.05) is 6.61 Å². The van der Waals surface area contributed by atoms with Crippen molar-refractivity contribution in [3.8, 4) is 5.75 Å². The Morgan fingerprint density at radius 1 is 1.36 bits per heavy atom. The van der Waals surface area contributed by atoms with Gasteiger partial charge in [-0.05, 0) is 42.0 Å². The first-order chi connectivity index (χ1) is 10.5. The lowest BCUT2D eigenvalue weighted by atomic mass is 10.1. The predicted molar refractivity (Wildman–Crippen MR) is 76.6 cm³/mol. The third-order valence-electron chi connectivity index (χ3n) is 3.13. The van der Waals surface area contributed by atoms with Crippen LogP contribution in [0.1, 0.15) is 31.3 Å². The van der Waals surface area contributed by atoms with Gasteiger partial charge in [0.1, 0.15) is 5.75 Å². The summed E-state index contributed by atoms with van der Waals surface area (Å²) in [6.07, 6.45) is -0.754. The summed E-state index contributed by atoms with van der Waals surface area (Å²) < 4.78 is 6.51. The van der Waals surface area contributed by atoms with E-state index in [1.807, 2.05) is 31.2 Å². The van der Waals surface area contributed by atoms with E-state index in [-0.39, 0.29) is 0 Å². The number of ether oxygens (including phenoxy) is 1. The molecule has 118 valence electrons. The molecule has 1 aromatic carbocycles. The van der Waals surface area contributed by atoms with E-state index in [2.05, 4.69) is 15.5 Å². The maximum Gasteiger partial charge on any atom is 0.331 e. The highest BCUT2D eigenvalue weighted by Gasteiger charge is 2.29. The molecule has 0 aliphatic carbocycles. The molecule has 0 spiro atoms. The van der Waals surface area contributed by atoms with Crippen molar-refractivity contribution in [2.24, 2.45) is 0 Å². The summed E-state index contributed by atoms with van der Waals surface area (Å²) in [5.41, 5.74) is 0.911. The molecule has 2 aromatic rings. The Labute approximate surface area is 127 Å². The van der Waals surface area contributed by atoms with Gasteiger partial charge in [0.25, 0.3) is 0 Å². The first-order valence-electron chi connectivity index (χ1n) is 6.92. The van der Waals surface area contributed by atoms with Gasteiger partial charge in [-0.2, -0.15) is 0 Å². The normalized spacial score (nSPS) is 13.6. The molecule has 2 N–H and O–H groups in total. The van der Waals surface area contributed by atoms with E-state index in [1.54, 1.807) is 0 Å². The first-order valence-corrected chi connectivity index (χ1v) is 6.92. The van der Waals surface area contributed by atoms with E-state index in [9.17, 15) is 15.0 Å². The second kappa shape index (κ2) is 6.99. The minimum atomic E-state index is -1.22. The molecule has 2 atom stereocenters. The van der Waals surface area contributed by atoms with Crippen molar-refractivity contribution in [1.82, 2.24) is 20.2 Å². The first kappa shape index (κ1) is 15.9. The van der Waals surface area contributed by atoms with Gasteiger partial charge in [-0.25, -0.2) is 9.48 Å². The fraction of sp³-hybridized carbons (Fsp3) is 0.429. The van der Waals surface area contributed by atoms with Gasteiger partial charge in [-0.1, -0.05) is 12.1 Å². The number of rotatable bonds is 7. The number of carboxylic acid groups (broad SMARTS) is 1. The predicted octanol–water partition coefficient (Wildman–Crippen LogP) is 0.669. The smallest absolute Gasteiger partial charge is 0.331 e. The molecule has 0 fully saturated rings. The van der Waals surface area contributed by atoms with Crippen molar-refractivity contribution >= 4 is 5.97 Å². The number of aliphatic hydroxyl groups is 1. The van der Waals surface area contributed by atoms with Crippen LogP contribution in [0.3, 0.4) is 0 Å². The fourth-order valence-electron chi connectivity index (χ4n) is 2.11. The molecule has 0 amide bonds. The van der Waals surface area contributed by atoms with Gasteiger partial charge in [0.05, 0.1) is 12.7 Å². The van der Waals surface area contributed by atoms with Crippen LogP contribution in [0.2, 0.25) is 0 Å². The van der Waals surface area contributed by atoms with Crippen LogP contribution < -0.4 is 4.74 Å². The second-order valence-corrected chi connectivity index (χ2v) is 4.82. The third-order valence-corrected chi connectivity index (χ3v) is 3.13. The topological polar surface area (TPSA) is 110 Å². The number of aliphatic hydroxyl groups excluding tert-OH is 1. The quantitative estimate of drug-likeness (QED) is 0.773. The van der Waals surface area contributed by atoms with Gasteiger partial charge in [0, 0.05) is 6.42 Å². The molecule has 1 aromatic heterocycles. The summed E-state index contributed by atoms with van der Waals surface area (Å²) >= 11 is 0. The molecule has 2 rings (SSSR count). The van der Waals surface area contributed by atoms with Gasteiger partial charge < -0.3 is 14.9 Å². The SMILES string of the molecule is CCOc1ccc(Cc2nnnn2C(C(=O)O)C(C)O)cc1. The molecule has 0 saturated heterocycles. The number of aromatic nitrogens is 4. The lowest BCUT2D eigenvalue weighted by Gasteiger charge is -2.16. The lowest BCUT2D eigenvalue weighted by molar-refractivity contribution is -0.144. The van der Waals surface area contributed by atoms with Crippen molar-refractivity contribution in [3.05, 3.63) is 35.7 Å². The van der Waals surface area contributed by atoms with Gasteiger partial charge in [0.2, 0.25) is 0 Å². The largest absolute Gasteiger partial charge is 0.494 e. The molecule has 2 unspecified atom stereocenters. The van der Waals surface area contributed by atoms with E-state index < -0.39 is 18.1 Å². The highest BCUT2D eigenvalue weighted by Crippen LogP contribution is 2.17. The maximum atomic E-state index is 11.3. The summed E-state index contributed by atoms with van der Waals surface area (Å²) in [7, 11) is 0. The van der Waals surface area contributed by atoms with Crippen molar-refractivity contribution < 1.29 is 19.7 Å². The van der Waals surface area contributed by atoms with Crippen LogP contribution in [0.15, 0.2) is 24.3 Å². The van der Waals surface area contributed by atoms with Crippen molar-refractivity contribution in [3.63, 3.8) is 0 Å². The second-order valence-electron chi connectivity index (χ2n) is 4.82. The molecule has 0 aliphatic rings. The molecular formula is C14H18N4O4. The number of carbonyl (C=O) groups is 1. The van der Waals surface area contributed by atoms with E-state index in [1.165, 1.54) is 6.92 Å². The number of benzene rings is 1. The van der Waals surface area contributed by atoms with Crippen LogP contribution in [0.4, 0.5) is 0 Å². The van der Waals surface area contributed by atoms with Crippen LogP contribution in [0.5, 0.6) is 5.75 Å². The fourth-order valence-corrected chi connectivity index (χ4v) is 2.11. The van der Waals surface area contributed by atoms with Gasteiger partial charge in [0.15, 0.2) is 11.9 Å². The van der Waals surface area contributed by atoms with E-state index >= 15 is 0 Å². The summed E-state index contributed by atoms with van der Waals surface area (Å²) in [4.78, 5) is 11.3. The zero-order valence-electron chi connectivity index (χ0n) is 12.4. The third kappa shape index (κ3) is 3.59. The molecule has 8 heteroatoms. The molecule has 22 heavy (non-hydrogen) atoms. The average molecular weight is 306 g/mol. The van der Waals surface area contributed by atoms with E-state index in [0.717, 1.165) is 16.0 Å². The number of aliphatic carboxylic acids is 1. The average Bonchev–Trinajstić information content (AvgIpc) is 2.88. The molecule has 8 nitrogen and oxygen atoms in total. The summed E-state index contributed by atoms with van der Waals surface area (Å²) in [5.74, 6) is -0.0501. The van der Waals surface area contributed by atoms with Crippen molar-refractivity contribution in [2.45, 2.75) is 32.4 Å². The summed E-state index contributed by atoms with van der Waals surface area (Å²) in [5, 5.41) is 29.9. The number of hydrogen-bond donors (Lipinski definition) is 2. The van der Waals surface area contributed by atoms with Gasteiger partial charge in [-0.3, -0.25) is 0 Å². The van der Waals surface area contributed by atoms with Crippen LogP contribution in [0.25, 0.3) is 0 Å². The van der Waals surface area contributed by atoms with Crippen LogP contribution in [-0.2, 0) is 11.2 Å². The molecule has 0 saturated carbocycles. The number of hydrogen-bond acceptors (Lipinski definition) is 6. The lowest BCUT2D eigenvalue weighted by Crippen LogP contribution is -2.31. The van der Waals surface area contributed by atoms with Crippen LogP contribution in [0, 0.1) is 0 Å². The number of tetrazole rings is 1. The van der Waals surface area contributed by atoms with Crippen LogP contribution >= 0.6 is 0 Å². The minimum absolute atomic E-state index is 0.357. The molecular weight excluding hydrogens is 288 g/mol. The van der Waals surface area contributed by atoms with E-state index in [4.69, 9.17) is 4.74 Å². The van der Waals surface area contributed by atoms with E-state index in [0.29, 0.717) is 18.9 Å². The van der Waals surface area contributed by atoms with Gasteiger partial charge in [-0.15, -0.1) is 5.10 Å². The van der Waals surface area contributed by atoms with Gasteiger partial charge >= 0.3 is 5.97 Å². The Hall–Kier alpha value is -2.48. The zero-order chi connectivity index (χ0) is 16.1. The Bertz CT molecular complexity index is 624. The monoisotopic (exact) mass is 306 g/mol. The Balaban J connectivity index is 2.20. The molecule has 1 heterocycles. The molecule has 0 radical (unpaired) electrons. The summed E-state index contributed by atoms with van der Waals surface area (Å²) in [6.45, 7) is 3.89. The zero-order valence-corrected chi connectivity index (χ0v) is 12.4. The number of carboxylic acids is 1. The van der Waals surface area contributed by atoms with Crippen LogP contribution in [-0.4, -0.2) is 49.1 Å². The number of nitrogens with zero attached hydrogens (tertiary/aromatic N) is 4. The Kier molecular flexibility index (Phi) is 5.05.